The number of amides is 2. The van der Waals surface area contributed by atoms with Crippen LogP contribution in [-0.2, 0) is 4.79 Å². The largest absolute Gasteiger partial charge is 0.349 e. The molecule has 2 amide bonds. The molecule has 2 N–H and O–H groups in total. The van der Waals surface area contributed by atoms with Crippen LogP contribution in [0.2, 0.25) is 0 Å². The Morgan fingerprint density at radius 2 is 2.00 bits per heavy atom. The van der Waals surface area contributed by atoms with Crippen molar-refractivity contribution in [3.63, 3.8) is 0 Å². The molecule has 0 unspecified atom stereocenters. The van der Waals surface area contributed by atoms with Gasteiger partial charge >= 0.3 is 0 Å². The highest BCUT2D eigenvalue weighted by Crippen LogP contribution is 2.42. The molecule has 0 radical (unpaired) electrons. The fourth-order valence-electron chi connectivity index (χ4n) is 2.18. The molecule has 0 bridgehead atoms. The first kappa shape index (κ1) is 15.6. The third-order valence-electron chi connectivity index (χ3n) is 3.52. The first-order valence-corrected chi connectivity index (χ1v) is 8.42. The van der Waals surface area contributed by atoms with Gasteiger partial charge in [0.2, 0.25) is 11.0 Å². The molecule has 1 aromatic heterocycles. The van der Waals surface area contributed by atoms with E-state index in [1.165, 1.54) is 11.3 Å². The molecule has 0 spiro atoms. The van der Waals surface area contributed by atoms with E-state index in [1.54, 1.807) is 31.2 Å². The highest BCUT2D eigenvalue weighted by molar-refractivity contribution is 7.15. The Morgan fingerprint density at radius 3 is 2.70 bits per heavy atom. The van der Waals surface area contributed by atoms with Gasteiger partial charge < -0.3 is 10.6 Å². The molecule has 1 aliphatic rings. The number of nitrogens with zero attached hydrogens (tertiary/aromatic N) is 2. The van der Waals surface area contributed by atoms with Crippen LogP contribution in [0, 0.1) is 0 Å². The summed E-state index contributed by atoms with van der Waals surface area (Å²) >= 11 is 1.43. The number of hydrogen-bond acceptors (Lipinski definition) is 5. The maximum Gasteiger partial charge on any atom is 0.251 e. The minimum atomic E-state index is -0.265. The van der Waals surface area contributed by atoms with Gasteiger partial charge in [-0.2, -0.15) is 0 Å². The molecule has 1 fully saturated rings. The van der Waals surface area contributed by atoms with Crippen LogP contribution in [0.25, 0.3) is 0 Å². The topological polar surface area (TPSA) is 84.0 Å². The zero-order valence-corrected chi connectivity index (χ0v) is 13.6. The van der Waals surface area contributed by atoms with Crippen molar-refractivity contribution in [2.75, 3.05) is 5.32 Å². The van der Waals surface area contributed by atoms with Gasteiger partial charge in [0.05, 0.1) is 0 Å². The van der Waals surface area contributed by atoms with Gasteiger partial charge in [0.1, 0.15) is 5.01 Å². The summed E-state index contributed by atoms with van der Waals surface area (Å²) in [6.07, 6.45) is 2.51. The molecule has 1 aliphatic carbocycles. The summed E-state index contributed by atoms with van der Waals surface area (Å²) < 4.78 is 0. The molecule has 23 heavy (non-hydrogen) atoms. The van der Waals surface area contributed by atoms with Crippen molar-refractivity contribution < 1.29 is 9.59 Å². The van der Waals surface area contributed by atoms with Crippen molar-refractivity contribution in [3.05, 3.63) is 40.9 Å². The SMILES string of the molecule is C[C@@H](CC(=O)Nc1nnc(C2CC2)s1)NC(=O)c1ccccc1. The zero-order chi connectivity index (χ0) is 16.2. The first-order chi connectivity index (χ1) is 11.1. The standard InChI is InChI=1S/C16H18N4O2S/c1-10(17-14(22)11-5-3-2-4-6-11)9-13(21)18-16-20-19-15(23-16)12-7-8-12/h2-6,10,12H,7-9H2,1H3,(H,17,22)(H,18,20,21)/t10-/m0/s1. The minimum absolute atomic E-state index is 0.177. The molecule has 0 saturated heterocycles. The number of carbonyl (C=O) groups is 2. The third-order valence-corrected chi connectivity index (χ3v) is 4.52. The summed E-state index contributed by atoms with van der Waals surface area (Å²) in [5.74, 6) is 0.171. The van der Waals surface area contributed by atoms with Gasteiger partial charge in [0.25, 0.3) is 5.91 Å². The maximum absolute atomic E-state index is 12.0. The van der Waals surface area contributed by atoms with E-state index >= 15 is 0 Å². The fraction of sp³-hybridized carbons (Fsp3) is 0.375. The highest BCUT2D eigenvalue weighted by atomic mass is 32.1. The second-order valence-corrected chi connectivity index (χ2v) is 6.72. The Morgan fingerprint density at radius 1 is 1.26 bits per heavy atom. The van der Waals surface area contributed by atoms with Gasteiger partial charge in [-0.1, -0.05) is 29.5 Å². The maximum atomic E-state index is 12.0. The van der Waals surface area contributed by atoms with Gasteiger partial charge in [0, 0.05) is 23.9 Å². The number of carbonyl (C=O) groups excluding carboxylic acids is 2. The van der Waals surface area contributed by atoms with Crippen LogP contribution in [0.5, 0.6) is 0 Å². The summed E-state index contributed by atoms with van der Waals surface area (Å²) in [6, 6.07) is 8.67. The molecule has 7 heteroatoms. The summed E-state index contributed by atoms with van der Waals surface area (Å²) in [4.78, 5) is 24.0. The lowest BCUT2D eigenvalue weighted by molar-refractivity contribution is -0.116. The zero-order valence-electron chi connectivity index (χ0n) is 12.8. The summed E-state index contributed by atoms with van der Waals surface area (Å²) in [5.41, 5.74) is 0.581. The number of rotatable bonds is 6. The van der Waals surface area contributed by atoms with E-state index < -0.39 is 0 Å². The van der Waals surface area contributed by atoms with Gasteiger partial charge in [0.15, 0.2) is 0 Å². The average Bonchev–Trinajstić information content (AvgIpc) is 3.28. The van der Waals surface area contributed by atoms with Crippen molar-refractivity contribution in [1.82, 2.24) is 15.5 Å². The quantitative estimate of drug-likeness (QED) is 0.852. The molecule has 120 valence electrons. The summed E-state index contributed by atoms with van der Waals surface area (Å²) in [5, 5.41) is 15.1. The molecule has 2 aromatic rings. The summed E-state index contributed by atoms with van der Waals surface area (Å²) in [7, 11) is 0. The number of benzene rings is 1. The van der Waals surface area contributed by atoms with Crippen LogP contribution in [0.4, 0.5) is 5.13 Å². The van der Waals surface area contributed by atoms with E-state index in [2.05, 4.69) is 20.8 Å². The Hall–Kier alpha value is -2.28. The van der Waals surface area contributed by atoms with Crippen molar-refractivity contribution >= 4 is 28.3 Å². The molecular weight excluding hydrogens is 312 g/mol. The van der Waals surface area contributed by atoms with Gasteiger partial charge in [-0.05, 0) is 31.9 Å². The fourth-order valence-corrected chi connectivity index (χ4v) is 3.11. The Kier molecular flexibility index (Phi) is 4.66. The van der Waals surface area contributed by atoms with Crippen LogP contribution < -0.4 is 10.6 Å². The number of anilines is 1. The van der Waals surface area contributed by atoms with Crippen LogP contribution >= 0.6 is 11.3 Å². The average molecular weight is 330 g/mol. The highest BCUT2D eigenvalue weighted by Gasteiger charge is 2.27. The van der Waals surface area contributed by atoms with E-state index in [4.69, 9.17) is 0 Å². The Labute approximate surface area is 138 Å². The number of aromatic nitrogens is 2. The van der Waals surface area contributed by atoms with Crippen LogP contribution in [0.3, 0.4) is 0 Å². The normalized spacial score (nSPS) is 15.0. The smallest absolute Gasteiger partial charge is 0.251 e. The lowest BCUT2D eigenvalue weighted by atomic mass is 10.1. The van der Waals surface area contributed by atoms with Crippen LogP contribution in [0.1, 0.15) is 47.5 Å². The molecular formula is C16H18N4O2S. The van der Waals surface area contributed by atoms with Crippen molar-refractivity contribution in [2.24, 2.45) is 0 Å². The van der Waals surface area contributed by atoms with Gasteiger partial charge in [-0.25, -0.2) is 0 Å². The second kappa shape index (κ2) is 6.87. The molecule has 0 aliphatic heterocycles. The Balaban J connectivity index is 1.47. The molecule has 1 aromatic carbocycles. The van der Waals surface area contributed by atoms with E-state index in [9.17, 15) is 9.59 Å². The first-order valence-electron chi connectivity index (χ1n) is 7.61. The van der Waals surface area contributed by atoms with Crippen molar-refractivity contribution in [3.8, 4) is 0 Å². The van der Waals surface area contributed by atoms with Crippen LogP contribution in [0.15, 0.2) is 30.3 Å². The lowest BCUT2D eigenvalue weighted by Crippen LogP contribution is -2.35. The van der Waals surface area contributed by atoms with E-state index in [1.807, 2.05) is 6.07 Å². The molecule has 1 saturated carbocycles. The molecule has 1 atom stereocenters. The Bertz CT molecular complexity index is 697. The third kappa shape index (κ3) is 4.35. The summed E-state index contributed by atoms with van der Waals surface area (Å²) in [6.45, 7) is 1.80. The molecule has 6 nitrogen and oxygen atoms in total. The monoisotopic (exact) mass is 330 g/mol. The van der Waals surface area contributed by atoms with E-state index in [0.29, 0.717) is 16.6 Å². The minimum Gasteiger partial charge on any atom is -0.349 e. The van der Waals surface area contributed by atoms with Crippen LogP contribution in [-0.4, -0.2) is 28.1 Å². The predicted molar refractivity (Wildman–Crippen MR) is 88.5 cm³/mol. The van der Waals surface area contributed by atoms with Crippen molar-refractivity contribution in [2.45, 2.75) is 38.1 Å². The van der Waals surface area contributed by atoms with Crippen molar-refractivity contribution in [1.29, 1.82) is 0 Å². The lowest BCUT2D eigenvalue weighted by Gasteiger charge is -2.13. The van der Waals surface area contributed by atoms with E-state index in [0.717, 1.165) is 17.8 Å². The van der Waals surface area contributed by atoms with Gasteiger partial charge in [-0.3, -0.25) is 9.59 Å². The number of hydrogen-bond donors (Lipinski definition) is 2. The molecule has 1 heterocycles. The molecule has 3 rings (SSSR count). The number of nitrogens with one attached hydrogen (secondary N) is 2. The van der Waals surface area contributed by atoms with Gasteiger partial charge in [-0.15, -0.1) is 10.2 Å². The second-order valence-electron chi connectivity index (χ2n) is 5.71. The predicted octanol–water partition coefficient (Wildman–Crippen LogP) is 2.56. The van der Waals surface area contributed by atoms with E-state index in [-0.39, 0.29) is 24.3 Å².